The second kappa shape index (κ2) is 8.71. The highest BCUT2D eigenvalue weighted by molar-refractivity contribution is 9.10. The molecule has 2 saturated heterocycles. The van der Waals surface area contributed by atoms with Crippen molar-refractivity contribution in [2.45, 2.75) is 44.4 Å². The van der Waals surface area contributed by atoms with Gasteiger partial charge in [0, 0.05) is 50.5 Å². The van der Waals surface area contributed by atoms with Gasteiger partial charge in [0.25, 0.3) is 11.8 Å². The fourth-order valence-electron chi connectivity index (χ4n) is 5.72. The maximum absolute atomic E-state index is 13.7. The van der Waals surface area contributed by atoms with Crippen LogP contribution in [0.2, 0.25) is 0 Å². The SMILES string of the molecule is Cn1c(N2CCC(F)(F)CC2)nc2cccc(NC(=O)c3ccc(Br)cc3N3CCC4(CC3)CC4)c21. The monoisotopic (exact) mass is 557 g/mol. The molecule has 3 heterocycles. The van der Waals surface area contributed by atoms with E-state index in [1.54, 1.807) is 0 Å². The standard InChI is InChI=1S/C27H30BrF2N5O/c1-33-23-20(3-2-4-21(23)32-25(33)35-15-11-27(29,30)12-16-35)31-24(36)19-6-5-18(28)17-22(19)34-13-9-26(7-8-26)10-14-34/h2-6,17H,7-16H2,1H3,(H,31,36). The van der Waals surface area contributed by atoms with E-state index in [9.17, 15) is 13.6 Å². The van der Waals surface area contributed by atoms with Crippen molar-refractivity contribution in [2.75, 3.05) is 41.3 Å². The highest BCUT2D eigenvalue weighted by Gasteiger charge is 2.44. The van der Waals surface area contributed by atoms with E-state index in [2.05, 4.69) is 26.1 Å². The molecule has 1 spiro atoms. The first-order valence-electron chi connectivity index (χ1n) is 12.7. The minimum Gasteiger partial charge on any atom is -0.371 e. The number of piperidine rings is 2. The highest BCUT2D eigenvalue weighted by Crippen LogP contribution is 2.54. The quantitative estimate of drug-likeness (QED) is 0.414. The van der Waals surface area contributed by atoms with Gasteiger partial charge in [-0.3, -0.25) is 4.79 Å². The summed E-state index contributed by atoms with van der Waals surface area (Å²) in [5.41, 5.74) is 4.31. The molecular weight excluding hydrogens is 528 g/mol. The van der Waals surface area contributed by atoms with E-state index in [0.29, 0.717) is 22.6 Å². The first-order valence-corrected chi connectivity index (χ1v) is 13.5. The normalized spacial score (nSPS) is 20.7. The summed E-state index contributed by atoms with van der Waals surface area (Å²) in [6, 6.07) is 11.4. The second-order valence-electron chi connectivity index (χ2n) is 10.6. The number of imidazole rings is 1. The number of amides is 1. The van der Waals surface area contributed by atoms with E-state index in [1.807, 2.05) is 52.9 Å². The molecule has 0 atom stereocenters. The van der Waals surface area contributed by atoms with Crippen LogP contribution in [0.1, 0.15) is 48.9 Å². The van der Waals surface area contributed by atoms with Crippen LogP contribution in [0, 0.1) is 5.41 Å². The zero-order valence-corrected chi connectivity index (χ0v) is 22.0. The molecule has 2 aromatic carbocycles. The Bertz CT molecular complexity index is 1320. The Hall–Kier alpha value is -2.68. The van der Waals surface area contributed by atoms with Gasteiger partial charge in [-0.25, -0.2) is 13.8 Å². The lowest BCUT2D eigenvalue weighted by Crippen LogP contribution is -2.40. The molecule has 3 aliphatic rings. The van der Waals surface area contributed by atoms with Crippen molar-refractivity contribution in [1.29, 1.82) is 0 Å². The number of carbonyl (C=O) groups is 1. The van der Waals surface area contributed by atoms with Crippen molar-refractivity contribution < 1.29 is 13.6 Å². The fourth-order valence-corrected chi connectivity index (χ4v) is 6.07. The number of halogens is 3. The molecule has 3 aromatic rings. The van der Waals surface area contributed by atoms with E-state index >= 15 is 0 Å². The number of para-hydroxylation sites is 1. The third-order valence-electron chi connectivity index (χ3n) is 8.22. The number of hydrogen-bond donors (Lipinski definition) is 1. The lowest BCUT2D eigenvalue weighted by molar-refractivity contribution is -0.0223. The Labute approximate surface area is 217 Å². The third kappa shape index (κ3) is 4.35. The average molecular weight is 558 g/mol. The van der Waals surface area contributed by atoms with Gasteiger partial charge < -0.3 is 19.7 Å². The van der Waals surface area contributed by atoms with Gasteiger partial charge in [0.05, 0.1) is 28.0 Å². The van der Waals surface area contributed by atoms with Gasteiger partial charge in [0.1, 0.15) is 0 Å². The van der Waals surface area contributed by atoms with Gasteiger partial charge in [-0.1, -0.05) is 22.0 Å². The number of fused-ring (bicyclic) bond motifs is 1. The smallest absolute Gasteiger partial charge is 0.257 e. The topological polar surface area (TPSA) is 53.4 Å². The zero-order valence-electron chi connectivity index (χ0n) is 20.4. The summed E-state index contributed by atoms with van der Waals surface area (Å²) in [5.74, 6) is -2.14. The molecule has 2 aliphatic heterocycles. The number of carbonyl (C=O) groups excluding carboxylic acids is 1. The maximum Gasteiger partial charge on any atom is 0.257 e. The minimum atomic E-state index is -2.61. The summed E-state index contributed by atoms with van der Waals surface area (Å²) < 4.78 is 30.2. The minimum absolute atomic E-state index is 0.169. The molecule has 3 fully saturated rings. The van der Waals surface area contributed by atoms with Gasteiger partial charge in [-0.2, -0.15) is 0 Å². The number of aromatic nitrogens is 2. The maximum atomic E-state index is 13.7. The van der Waals surface area contributed by atoms with Gasteiger partial charge in [0.15, 0.2) is 0 Å². The van der Waals surface area contributed by atoms with E-state index in [1.165, 1.54) is 25.7 Å². The summed E-state index contributed by atoms with van der Waals surface area (Å²) in [7, 11) is 1.87. The molecule has 1 amide bonds. The van der Waals surface area contributed by atoms with Gasteiger partial charge in [-0.15, -0.1) is 0 Å². The number of alkyl halides is 2. The molecule has 190 valence electrons. The number of rotatable bonds is 4. The Morgan fingerprint density at radius 3 is 2.36 bits per heavy atom. The first kappa shape index (κ1) is 23.7. The van der Waals surface area contributed by atoms with Crippen LogP contribution in [0.5, 0.6) is 0 Å². The number of nitrogens with zero attached hydrogens (tertiary/aromatic N) is 4. The Kier molecular flexibility index (Phi) is 5.74. The molecular formula is C27H30BrF2N5O. The van der Waals surface area contributed by atoms with Crippen molar-refractivity contribution >= 4 is 50.2 Å². The second-order valence-corrected chi connectivity index (χ2v) is 11.5. The predicted octanol–water partition coefficient (Wildman–Crippen LogP) is 6.20. The van der Waals surface area contributed by atoms with Crippen molar-refractivity contribution in [3.8, 4) is 0 Å². The number of aryl methyl sites for hydroxylation is 1. The Morgan fingerprint density at radius 1 is 0.972 bits per heavy atom. The Morgan fingerprint density at radius 2 is 1.67 bits per heavy atom. The van der Waals surface area contributed by atoms with E-state index in [-0.39, 0.29) is 31.8 Å². The fraction of sp³-hybridized carbons (Fsp3) is 0.481. The number of hydrogen-bond acceptors (Lipinski definition) is 4. The molecule has 1 saturated carbocycles. The molecule has 1 aromatic heterocycles. The van der Waals surface area contributed by atoms with E-state index in [4.69, 9.17) is 4.98 Å². The number of anilines is 3. The van der Waals surface area contributed by atoms with E-state index < -0.39 is 5.92 Å². The van der Waals surface area contributed by atoms with Crippen LogP contribution >= 0.6 is 15.9 Å². The molecule has 6 nitrogen and oxygen atoms in total. The molecule has 36 heavy (non-hydrogen) atoms. The third-order valence-corrected chi connectivity index (χ3v) is 8.72. The first-order chi connectivity index (χ1) is 17.2. The van der Waals surface area contributed by atoms with Crippen molar-refractivity contribution in [3.63, 3.8) is 0 Å². The summed E-state index contributed by atoms with van der Waals surface area (Å²) in [6.45, 7) is 2.44. The molecule has 6 rings (SSSR count). The molecule has 1 aliphatic carbocycles. The largest absolute Gasteiger partial charge is 0.371 e. The average Bonchev–Trinajstić information content (AvgIpc) is 3.52. The van der Waals surface area contributed by atoms with Crippen molar-refractivity contribution in [1.82, 2.24) is 9.55 Å². The molecule has 0 radical (unpaired) electrons. The summed E-state index contributed by atoms with van der Waals surface area (Å²) in [6.07, 6.45) is 4.68. The van der Waals surface area contributed by atoms with Crippen molar-refractivity contribution in [3.05, 3.63) is 46.4 Å². The van der Waals surface area contributed by atoms with Crippen LogP contribution in [-0.4, -0.2) is 47.6 Å². The summed E-state index contributed by atoms with van der Waals surface area (Å²) in [5, 5.41) is 3.12. The molecule has 1 N–H and O–H groups in total. The lowest BCUT2D eigenvalue weighted by Gasteiger charge is -2.35. The molecule has 0 bridgehead atoms. The molecule has 9 heteroatoms. The van der Waals surface area contributed by atoms with Gasteiger partial charge in [-0.05, 0) is 61.4 Å². The van der Waals surface area contributed by atoms with Crippen LogP contribution in [0.3, 0.4) is 0 Å². The van der Waals surface area contributed by atoms with Crippen LogP contribution in [0.15, 0.2) is 40.9 Å². The van der Waals surface area contributed by atoms with Gasteiger partial charge in [0.2, 0.25) is 5.95 Å². The number of benzene rings is 2. The van der Waals surface area contributed by atoms with Gasteiger partial charge >= 0.3 is 0 Å². The van der Waals surface area contributed by atoms with Crippen LogP contribution < -0.4 is 15.1 Å². The lowest BCUT2D eigenvalue weighted by atomic mass is 9.93. The van der Waals surface area contributed by atoms with Crippen molar-refractivity contribution in [2.24, 2.45) is 12.5 Å². The van der Waals surface area contributed by atoms with Crippen LogP contribution in [0.25, 0.3) is 11.0 Å². The Balaban J connectivity index is 1.28. The van der Waals surface area contributed by atoms with Crippen LogP contribution in [0.4, 0.5) is 26.1 Å². The highest BCUT2D eigenvalue weighted by atomic mass is 79.9. The zero-order chi connectivity index (χ0) is 25.1. The number of nitrogens with one attached hydrogen (secondary N) is 1. The van der Waals surface area contributed by atoms with Crippen LogP contribution in [-0.2, 0) is 7.05 Å². The summed E-state index contributed by atoms with van der Waals surface area (Å²) in [4.78, 5) is 22.5. The van der Waals surface area contributed by atoms with E-state index in [0.717, 1.165) is 34.3 Å². The predicted molar refractivity (Wildman–Crippen MR) is 142 cm³/mol. The summed E-state index contributed by atoms with van der Waals surface area (Å²) >= 11 is 3.58. The molecule has 0 unspecified atom stereocenters.